The van der Waals surface area contributed by atoms with E-state index in [2.05, 4.69) is 31.2 Å². The fraction of sp³-hybridized carbons (Fsp3) is 0. The second-order valence-electron chi connectivity index (χ2n) is 5.16. The summed E-state index contributed by atoms with van der Waals surface area (Å²) in [7, 11) is 0. The molecule has 118 valence electrons. The zero-order chi connectivity index (χ0) is 16.5. The van der Waals surface area contributed by atoms with Crippen molar-refractivity contribution in [1.29, 1.82) is 0 Å². The highest BCUT2D eigenvalue weighted by Crippen LogP contribution is 2.26. The Morgan fingerprint density at radius 3 is 2.33 bits per heavy atom. The van der Waals surface area contributed by atoms with Gasteiger partial charge in [-0.25, -0.2) is 9.67 Å². The molecule has 4 aromatic rings. The van der Waals surface area contributed by atoms with Crippen LogP contribution in [-0.4, -0.2) is 20.0 Å². The van der Waals surface area contributed by atoms with Crippen LogP contribution >= 0.6 is 27.3 Å². The van der Waals surface area contributed by atoms with Crippen molar-refractivity contribution in [3.8, 4) is 28.2 Å². The van der Waals surface area contributed by atoms with Crippen molar-refractivity contribution in [3.63, 3.8) is 0 Å². The molecule has 5 nitrogen and oxygen atoms in total. The SMILES string of the molecule is Nc1nc(-c2ccc(-n3nncc3-c3ccc(Br)cc3)cc2)cs1. The summed E-state index contributed by atoms with van der Waals surface area (Å²) in [5.41, 5.74) is 10.5. The first-order valence-corrected chi connectivity index (χ1v) is 8.86. The van der Waals surface area contributed by atoms with Gasteiger partial charge in [0.1, 0.15) is 0 Å². The predicted octanol–water partition coefficient (Wildman–Crippen LogP) is 4.40. The van der Waals surface area contributed by atoms with Crippen molar-refractivity contribution in [3.05, 3.63) is 64.6 Å². The fourth-order valence-corrected chi connectivity index (χ4v) is 3.27. The van der Waals surface area contributed by atoms with Crippen molar-refractivity contribution < 1.29 is 0 Å². The average molecular weight is 398 g/mol. The summed E-state index contributed by atoms with van der Waals surface area (Å²) in [6.07, 6.45) is 1.76. The van der Waals surface area contributed by atoms with E-state index in [0.717, 1.165) is 32.7 Å². The van der Waals surface area contributed by atoms with E-state index in [-0.39, 0.29) is 0 Å². The highest BCUT2D eigenvalue weighted by atomic mass is 79.9. The number of rotatable bonds is 3. The average Bonchev–Trinajstić information content (AvgIpc) is 3.25. The highest BCUT2D eigenvalue weighted by molar-refractivity contribution is 9.10. The number of halogens is 1. The lowest BCUT2D eigenvalue weighted by molar-refractivity contribution is 0.808. The minimum absolute atomic E-state index is 0.572. The number of aromatic nitrogens is 4. The van der Waals surface area contributed by atoms with Crippen LogP contribution in [0.2, 0.25) is 0 Å². The zero-order valence-corrected chi connectivity index (χ0v) is 14.8. The Bertz CT molecular complexity index is 973. The molecular weight excluding hydrogens is 386 g/mol. The van der Waals surface area contributed by atoms with Gasteiger partial charge in [0.15, 0.2) is 5.13 Å². The fourth-order valence-electron chi connectivity index (χ4n) is 2.44. The molecule has 0 aliphatic carbocycles. The Morgan fingerprint density at radius 2 is 1.67 bits per heavy atom. The summed E-state index contributed by atoms with van der Waals surface area (Å²) in [6.45, 7) is 0. The van der Waals surface area contributed by atoms with E-state index < -0.39 is 0 Å². The summed E-state index contributed by atoms with van der Waals surface area (Å²) in [5, 5.41) is 10.8. The summed E-state index contributed by atoms with van der Waals surface area (Å²) >= 11 is 4.89. The molecule has 2 aromatic carbocycles. The molecule has 2 aromatic heterocycles. The van der Waals surface area contributed by atoms with Gasteiger partial charge in [-0.1, -0.05) is 45.4 Å². The molecule has 7 heteroatoms. The van der Waals surface area contributed by atoms with Gasteiger partial charge in [-0.05, 0) is 24.3 Å². The van der Waals surface area contributed by atoms with Crippen molar-refractivity contribution in [2.24, 2.45) is 0 Å². The van der Waals surface area contributed by atoms with Gasteiger partial charge >= 0.3 is 0 Å². The van der Waals surface area contributed by atoms with Gasteiger partial charge in [-0.15, -0.1) is 16.4 Å². The number of hydrogen-bond donors (Lipinski definition) is 1. The topological polar surface area (TPSA) is 69.6 Å². The second kappa shape index (κ2) is 6.18. The molecule has 2 heterocycles. The maximum absolute atomic E-state index is 5.70. The summed E-state index contributed by atoms with van der Waals surface area (Å²) in [6, 6.07) is 16.1. The molecule has 0 amide bonds. The van der Waals surface area contributed by atoms with Gasteiger partial charge in [-0.3, -0.25) is 0 Å². The lowest BCUT2D eigenvalue weighted by Gasteiger charge is -2.07. The molecule has 0 bridgehead atoms. The summed E-state index contributed by atoms with van der Waals surface area (Å²) in [5.74, 6) is 0. The molecule has 2 N–H and O–H groups in total. The third-order valence-electron chi connectivity index (χ3n) is 3.62. The Labute approximate surface area is 150 Å². The van der Waals surface area contributed by atoms with Crippen LogP contribution in [0.4, 0.5) is 5.13 Å². The maximum atomic E-state index is 5.70. The van der Waals surface area contributed by atoms with E-state index in [1.807, 2.05) is 58.6 Å². The Balaban J connectivity index is 1.70. The Morgan fingerprint density at radius 1 is 0.958 bits per heavy atom. The molecule has 0 saturated heterocycles. The molecule has 0 fully saturated rings. The van der Waals surface area contributed by atoms with Crippen LogP contribution in [0.25, 0.3) is 28.2 Å². The summed E-state index contributed by atoms with van der Waals surface area (Å²) < 4.78 is 2.86. The van der Waals surface area contributed by atoms with E-state index in [4.69, 9.17) is 5.73 Å². The van der Waals surface area contributed by atoms with Crippen LogP contribution in [0, 0.1) is 0 Å². The van der Waals surface area contributed by atoms with Gasteiger partial charge in [0.05, 0.1) is 23.3 Å². The first-order chi connectivity index (χ1) is 11.7. The molecule has 0 radical (unpaired) electrons. The Kier molecular flexibility index (Phi) is 3.87. The number of thiazole rings is 1. The third kappa shape index (κ3) is 2.83. The standard InChI is InChI=1S/C17H12BrN5S/c18-13-5-1-12(2-6-13)16-9-20-22-23(16)14-7-3-11(4-8-14)15-10-24-17(19)21-15/h1-10H,(H2,19,21). The van der Waals surface area contributed by atoms with Gasteiger partial charge < -0.3 is 5.73 Å². The number of nitrogen functional groups attached to an aromatic ring is 1. The molecule has 0 aliphatic heterocycles. The first kappa shape index (κ1) is 15.0. The van der Waals surface area contributed by atoms with Gasteiger partial charge in [-0.2, -0.15) is 0 Å². The van der Waals surface area contributed by atoms with E-state index in [9.17, 15) is 0 Å². The molecule has 0 saturated carbocycles. The van der Waals surface area contributed by atoms with E-state index in [1.54, 1.807) is 6.20 Å². The number of nitrogens with zero attached hydrogens (tertiary/aromatic N) is 4. The molecule has 0 atom stereocenters. The normalized spacial score (nSPS) is 10.9. The minimum atomic E-state index is 0.572. The molecule has 24 heavy (non-hydrogen) atoms. The van der Waals surface area contributed by atoms with E-state index in [1.165, 1.54) is 11.3 Å². The zero-order valence-electron chi connectivity index (χ0n) is 12.4. The smallest absolute Gasteiger partial charge is 0.180 e. The van der Waals surface area contributed by atoms with Crippen molar-refractivity contribution in [1.82, 2.24) is 20.0 Å². The second-order valence-corrected chi connectivity index (χ2v) is 6.96. The maximum Gasteiger partial charge on any atom is 0.180 e. The van der Waals surface area contributed by atoms with Crippen molar-refractivity contribution in [2.45, 2.75) is 0 Å². The van der Waals surface area contributed by atoms with Crippen molar-refractivity contribution in [2.75, 3.05) is 5.73 Å². The van der Waals surface area contributed by atoms with Crippen molar-refractivity contribution >= 4 is 32.4 Å². The predicted molar refractivity (Wildman–Crippen MR) is 100 cm³/mol. The van der Waals surface area contributed by atoms with Crippen LogP contribution in [0.3, 0.4) is 0 Å². The first-order valence-electron chi connectivity index (χ1n) is 7.19. The lowest BCUT2D eigenvalue weighted by atomic mass is 10.1. The van der Waals surface area contributed by atoms with Gasteiger partial charge in [0.2, 0.25) is 0 Å². The number of benzene rings is 2. The van der Waals surface area contributed by atoms with Crippen LogP contribution < -0.4 is 5.73 Å². The summed E-state index contributed by atoms with van der Waals surface area (Å²) in [4.78, 5) is 4.30. The largest absolute Gasteiger partial charge is 0.375 e. The van der Waals surface area contributed by atoms with Crippen LogP contribution in [-0.2, 0) is 0 Å². The van der Waals surface area contributed by atoms with Crippen LogP contribution in [0.1, 0.15) is 0 Å². The number of hydrogen-bond acceptors (Lipinski definition) is 5. The van der Waals surface area contributed by atoms with E-state index in [0.29, 0.717) is 5.13 Å². The minimum Gasteiger partial charge on any atom is -0.375 e. The molecular formula is C17H12BrN5S. The van der Waals surface area contributed by atoms with Crippen LogP contribution in [0.5, 0.6) is 0 Å². The monoisotopic (exact) mass is 397 g/mol. The lowest BCUT2D eigenvalue weighted by Crippen LogP contribution is -1.99. The number of nitrogens with two attached hydrogens (primary N) is 1. The third-order valence-corrected chi connectivity index (χ3v) is 4.82. The molecule has 0 spiro atoms. The number of anilines is 1. The Hall–Kier alpha value is -2.51. The highest BCUT2D eigenvalue weighted by Gasteiger charge is 2.09. The van der Waals surface area contributed by atoms with Crippen LogP contribution in [0.15, 0.2) is 64.6 Å². The van der Waals surface area contributed by atoms with Gasteiger partial charge in [0.25, 0.3) is 0 Å². The van der Waals surface area contributed by atoms with E-state index >= 15 is 0 Å². The molecule has 4 rings (SSSR count). The van der Waals surface area contributed by atoms with Gasteiger partial charge in [0, 0.05) is 21.0 Å². The molecule has 0 unspecified atom stereocenters. The molecule has 0 aliphatic rings. The quantitative estimate of drug-likeness (QED) is 0.555.